The van der Waals surface area contributed by atoms with Crippen LogP contribution >= 0.6 is 0 Å². The van der Waals surface area contributed by atoms with Crippen LogP contribution < -0.4 is 16.4 Å². The number of carbonyl (C=O) groups excluding carboxylic acids is 1. The minimum Gasteiger partial charge on any atom is -0.369 e. The van der Waals surface area contributed by atoms with Crippen LogP contribution in [0.5, 0.6) is 0 Å². The fourth-order valence-corrected chi connectivity index (χ4v) is 2.21. The minimum atomic E-state index is -0.654. The molecule has 2 rings (SSSR count). The summed E-state index contributed by atoms with van der Waals surface area (Å²) in [6.45, 7) is 3.24. The molecule has 2 aromatic rings. The first-order valence-electron chi connectivity index (χ1n) is 6.41. The number of nitrogens with two attached hydrogens (primary N) is 2. The number of fused-ring (bicyclic) bond motifs is 1. The third kappa shape index (κ3) is 2.85. The average molecular weight is 257 g/mol. The van der Waals surface area contributed by atoms with Crippen LogP contribution in [0.15, 0.2) is 42.5 Å². The van der Waals surface area contributed by atoms with Gasteiger partial charge in [0.1, 0.15) is 6.04 Å². The molecule has 2 aromatic carbocycles. The highest BCUT2D eigenvalue weighted by molar-refractivity contribution is 5.94. The van der Waals surface area contributed by atoms with Crippen LogP contribution in [0.2, 0.25) is 0 Å². The first kappa shape index (κ1) is 13.4. The van der Waals surface area contributed by atoms with Crippen LogP contribution in [-0.2, 0) is 4.79 Å². The van der Waals surface area contributed by atoms with E-state index in [4.69, 9.17) is 11.5 Å². The van der Waals surface area contributed by atoms with Gasteiger partial charge in [-0.15, -0.1) is 0 Å². The maximum absolute atomic E-state index is 11.1. The second-order valence-corrected chi connectivity index (χ2v) is 4.55. The minimum absolute atomic E-state index is 0.430. The molecule has 4 nitrogen and oxygen atoms in total. The number of rotatable bonds is 5. The van der Waals surface area contributed by atoms with Crippen LogP contribution in [-0.4, -0.2) is 25.0 Å². The van der Waals surface area contributed by atoms with E-state index >= 15 is 0 Å². The van der Waals surface area contributed by atoms with Crippen molar-refractivity contribution in [1.82, 2.24) is 0 Å². The van der Waals surface area contributed by atoms with Gasteiger partial charge < -0.3 is 16.4 Å². The van der Waals surface area contributed by atoms with E-state index in [9.17, 15) is 4.79 Å². The van der Waals surface area contributed by atoms with Gasteiger partial charge in [0.05, 0.1) is 0 Å². The highest BCUT2D eigenvalue weighted by Gasteiger charge is 2.15. The van der Waals surface area contributed by atoms with Gasteiger partial charge in [0.15, 0.2) is 0 Å². The Morgan fingerprint density at radius 2 is 1.89 bits per heavy atom. The van der Waals surface area contributed by atoms with E-state index in [1.54, 1.807) is 0 Å². The lowest BCUT2D eigenvalue weighted by Gasteiger charge is -2.26. The molecule has 0 spiro atoms. The van der Waals surface area contributed by atoms with Crippen molar-refractivity contribution >= 4 is 22.4 Å². The number of benzene rings is 2. The van der Waals surface area contributed by atoms with Crippen molar-refractivity contribution in [3.8, 4) is 0 Å². The number of hydrogen-bond donors (Lipinski definition) is 2. The standard InChI is InChI=1S/C15H19N3O/c1-2-18(10-13(16)15(17)19)14-9-5-7-11-6-3-4-8-12(11)14/h3-9,13H,2,10,16H2,1H3,(H2,17,19). The van der Waals surface area contributed by atoms with Crippen LogP contribution in [0.3, 0.4) is 0 Å². The molecule has 0 fully saturated rings. The molecule has 1 atom stereocenters. The zero-order valence-electron chi connectivity index (χ0n) is 11.0. The Labute approximate surface area is 113 Å². The van der Waals surface area contributed by atoms with Crippen LogP contribution in [0.1, 0.15) is 6.92 Å². The Kier molecular flexibility index (Phi) is 4.02. The molecule has 4 heteroatoms. The van der Waals surface area contributed by atoms with E-state index in [-0.39, 0.29) is 0 Å². The van der Waals surface area contributed by atoms with Gasteiger partial charge in [0.2, 0.25) is 5.91 Å². The molecule has 0 saturated carbocycles. The second-order valence-electron chi connectivity index (χ2n) is 4.55. The monoisotopic (exact) mass is 257 g/mol. The summed E-state index contributed by atoms with van der Waals surface area (Å²) in [5.41, 5.74) is 12.1. The Morgan fingerprint density at radius 1 is 1.21 bits per heavy atom. The van der Waals surface area contributed by atoms with E-state index in [1.807, 2.05) is 31.2 Å². The van der Waals surface area contributed by atoms with Crippen molar-refractivity contribution in [3.05, 3.63) is 42.5 Å². The zero-order valence-corrected chi connectivity index (χ0v) is 11.0. The summed E-state index contributed by atoms with van der Waals surface area (Å²) in [5.74, 6) is -0.473. The smallest absolute Gasteiger partial charge is 0.236 e. The molecular formula is C15H19N3O. The molecule has 0 saturated heterocycles. The Morgan fingerprint density at radius 3 is 2.58 bits per heavy atom. The summed E-state index contributed by atoms with van der Waals surface area (Å²) >= 11 is 0. The largest absolute Gasteiger partial charge is 0.369 e. The van der Waals surface area contributed by atoms with E-state index < -0.39 is 11.9 Å². The second kappa shape index (κ2) is 5.71. The molecule has 0 aliphatic rings. The average Bonchev–Trinajstić information content (AvgIpc) is 2.44. The van der Waals surface area contributed by atoms with Gasteiger partial charge in [-0.2, -0.15) is 0 Å². The maximum atomic E-state index is 11.1. The molecular weight excluding hydrogens is 238 g/mol. The van der Waals surface area contributed by atoms with Crippen LogP contribution in [0.25, 0.3) is 10.8 Å². The molecule has 0 heterocycles. The molecule has 0 aromatic heterocycles. The van der Waals surface area contributed by atoms with Crippen molar-refractivity contribution in [2.45, 2.75) is 13.0 Å². The van der Waals surface area contributed by atoms with Crippen molar-refractivity contribution < 1.29 is 4.79 Å². The van der Waals surface area contributed by atoms with Gasteiger partial charge in [0.25, 0.3) is 0 Å². The molecule has 0 radical (unpaired) electrons. The van der Waals surface area contributed by atoms with E-state index in [0.29, 0.717) is 6.54 Å². The van der Waals surface area contributed by atoms with Gasteiger partial charge in [-0.25, -0.2) is 0 Å². The van der Waals surface area contributed by atoms with Crippen LogP contribution in [0.4, 0.5) is 5.69 Å². The summed E-state index contributed by atoms with van der Waals surface area (Å²) < 4.78 is 0. The van der Waals surface area contributed by atoms with Crippen LogP contribution in [0, 0.1) is 0 Å². The zero-order chi connectivity index (χ0) is 13.8. The van der Waals surface area contributed by atoms with Crippen molar-refractivity contribution in [1.29, 1.82) is 0 Å². The molecule has 0 bridgehead atoms. The summed E-state index contributed by atoms with van der Waals surface area (Å²) in [6, 6.07) is 13.6. The quantitative estimate of drug-likeness (QED) is 0.852. The SMILES string of the molecule is CCN(CC(N)C(N)=O)c1cccc2ccccc12. The number of hydrogen-bond acceptors (Lipinski definition) is 3. The molecule has 1 unspecified atom stereocenters. The number of primary amides is 1. The predicted molar refractivity (Wildman–Crippen MR) is 79.0 cm³/mol. The lowest BCUT2D eigenvalue weighted by molar-refractivity contribution is -0.119. The van der Waals surface area contributed by atoms with E-state index in [2.05, 4.69) is 23.1 Å². The fraction of sp³-hybridized carbons (Fsp3) is 0.267. The first-order chi connectivity index (χ1) is 9.13. The summed E-state index contributed by atoms with van der Waals surface area (Å²) in [6.07, 6.45) is 0. The predicted octanol–water partition coefficient (Wildman–Crippen LogP) is 1.48. The summed E-state index contributed by atoms with van der Waals surface area (Å²) in [4.78, 5) is 13.2. The third-order valence-corrected chi connectivity index (χ3v) is 3.27. The summed E-state index contributed by atoms with van der Waals surface area (Å²) in [7, 11) is 0. The lowest BCUT2D eigenvalue weighted by atomic mass is 10.1. The Hall–Kier alpha value is -2.07. The van der Waals surface area contributed by atoms with Gasteiger partial charge in [-0.05, 0) is 18.4 Å². The van der Waals surface area contributed by atoms with Gasteiger partial charge in [-0.1, -0.05) is 36.4 Å². The topological polar surface area (TPSA) is 72.3 Å². The van der Waals surface area contributed by atoms with Gasteiger partial charge >= 0.3 is 0 Å². The van der Waals surface area contributed by atoms with E-state index in [0.717, 1.165) is 17.6 Å². The summed E-state index contributed by atoms with van der Waals surface area (Å²) in [5, 5.41) is 2.33. The van der Waals surface area contributed by atoms with Crippen molar-refractivity contribution in [2.75, 3.05) is 18.0 Å². The molecule has 19 heavy (non-hydrogen) atoms. The number of amides is 1. The van der Waals surface area contributed by atoms with Crippen molar-refractivity contribution in [2.24, 2.45) is 11.5 Å². The first-order valence-corrected chi connectivity index (χ1v) is 6.41. The van der Waals surface area contributed by atoms with E-state index in [1.165, 1.54) is 5.39 Å². The number of carbonyl (C=O) groups is 1. The molecule has 1 amide bonds. The van der Waals surface area contributed by atoms with Gasteiger partial charge in [-0.3, -0.25) is 4.79 Å². The number of anilines is 1. The molecule has 0 aliphatic heterocycles. The Balaban J connectivity index is 2.38. The number of nitrogens with zero attached hydrogens (tertiary/aromatic N) is 1. The Bertz CT molecular complexity index is 577. The van der Waals surface area contributed by atoms with Gasteiger partial charge in [0, 0.05) is 24.2 Å². The highest BCUT2D eigenvalue weighted by Crippen LogP contribution is 2.26. The lowest BCUT2D eigenvalue weighted by Crippen LogP contribution is -2.46. The highest BCUT2D eigenvalue weighted by atomic mass is 16.1. The number of likely N-dealkylation sites (N-methyl/N-ethyl adjacent to an activating group) is 1. The normalized spacial score (nSPS) is 12.3. The van der Waals surface area contributed by atoms with Crippen molar-refractivity contribution in [3.63, 3.8) is 0 Å². The molecule has 100 valence electrons. The third-order valence-electron chi connectivity index (χ3n) is 3.27. The fourth-order valence-electron chi connectivity index (χ4n) is 2.21. The molecule has 4 N–H and O–H groups in total. The maximum Gasteiger partial charge on any atom is 0.236 e. The molecule has 0 aliphatic carbocycles.